The first-order valence-corrected chi connectivity index (χ1v) is 5.12. The fourth-order valence-corrected chi connectivity index (χ4v) is 1.91. The van der Waals surface area contributed by atoms with E-state index in [1.807, 2.05) is 0 Å². The van der Waals surface area contributed by atoms with Gasteiger partial charge < -0.3 is 5.11 Å². The number of hydrogen-bond donors (Lipinski definition) is 1. The average Bonchev–Trinajstić information content (AvgIpc) is 2.09. The predicted molar refractivity (Wildman–Crippen MR) is 52.0 cm³/mol. The third-order valence-electron chi connectivity index (χ3n) is 2.85. The molecule has 12 heavy (non-hydrogen) atoms. The van der Waals surface area contributed by atoms with E-state index in [1.165, 1.54) is 25.7 Å². The first kappa shape index (κ1) is 9.79. The molecule has 0 bridgehead atoms. The zero-order valence-electron chi connectivity index (χ0n) is 8.00. The number of unbranched alkanes of at least 4 members (excludes halogenated alkanes) is 1. The number of aliphatic hydroxyl groups is 1. The van der Waals surface area contributed by atoms with E-state index in [1.54, 1.807) is 0 Å². The van der Waals surface area contributed by atoms with Crippen LogP contribution < -0.4 is 0 Å². The normalized spacial score (nSPS) is 29.2. The zero-order chi connectivity index (χ0) is 8.81. The highest BCUT2D eigenvalue weighted by Gasteiger charge is 2.15. The summed E-state index contributed by atoms with van der Waals surface area (Å²) in [4.78, 5) is 0. The van der Waals surface area contributed by atoms with Crippen molar-refractivity contribution in [1.29, 1.82) is 0 Å². The van der Waals surface area contributed by atoms with Gasteiger partial charge in [-0.3, -0.25) is 0 Å². The molecule has 2 unspecified atom stereocenters. The molecular weight excluding hydrogens is 148 g/mol. The Morgan fingerprint density at radius 3 is 2.92 bits per heavy atom. The van der Waals surface area contributed by atoms with Crippen molar-refractivity contribution in [2.24, 2.45) is 11.8 Å². The van der Waals surface area contributed by atoms with Crippen LogP contribution in [-0.4, -0.2) is 11.7 Å². The molecule has 0 saturated carbocycles. The van der Waals surface area contributed by atoms with Gasteiger partial charge in [-0.25, -0.2) is 0 Å². The Morgan fingerprint density at radius 1 is 1.42 bits per heavy atom. The van der Waals surface area contributed by atoms with E-state index in [0.29, 0.717) is 6.61 Å². The van der Waals surface area contributed by atoms with Crippen molar-refractivity contribution in [3.63, 3.8) is 0 Å². The summed E-state index contributed by atoms with van der Waals surface area (Å²) in [5.41, 5.74) is 0. The molecule has 2 atom stereocenters. The second-order valence-electron chi connectivity index (χ2n) is 3.87. The van der Waals surface area contributed by atoms with Crippen molar-refractivity contribution >= 4 is 0 Å². The molecule has 1 aliphatic rings. The fraction of sp³-hybridized carbons (Fsp3) is 0.818. The Hall–Kier alpha value is -0.300. The first-order chi connectivity index (χ1) is 5.84. The lowest BCUT2D eigenvalue weighted by molar-refractivity contribution is 0.272. The lowest BCUT2D eigenvalue weighted by Crippen LogP contribution is -2.12. The van der Waals surface area contributed by atoms with E-state index in [-0.39, 0.29) is 0 Å². The Balaban J connectivity index is 2.20. The van der Waals surface area contributed by atoms with Crippen LogP contribution >= 0.6 is 0 Å². The van der Waals surface area contributed by atoms with E-state index >= 15 is 0 Å². The van der Waals surface area contributed by atoms with Gasteiger partial charge in [0.25, 0.3) is 0 Å². The molecule has 0 spiro atoms. The molecule has 0 aromatic rings. The highest BCUT2D eigenvalue weighted by molar-refractivity contribution is 4.95. The van der Waals surface area contributed by atoms with Crippen LogP contribution in [0.2, 0.25) is 0 Å². The summed E-state index contributed by atoms with van der Waals surface area (Å²) in [7, 11) is 0. The van der Waals surface area contributed by atoms with E-state index < -0.39 is 0 Å². The standard InChI is InChI=1S/C11H20O/c1-10-6-2-3-7-11(10)8-4-5-9-12/h3,7,10-12H,2,4-6,8-9H2,1H3. The third-order valence-corrected chi connectivity index (χ3v) is 2.85. The van der Waals surface area contributed by atoms with Gasteiger partial charge in [0.1, 0.15) is 0 Å². The summed E-state index contributed by atoms with van der Waals surface area (Å²) in [5.74, 6) is 1.64. The van der Waals surface area contributed by atoms with E-state index in [2.05, 4.69) is 19.1 Å². The summed E-state index contributed by atoms with van der Waals surface area (Å²) in [6.07, 6.45) is 10.7. The lowest BCUT2D eigenvalue weighted by Gasteiger charge is -2.23. The Bertz CT molecular complexity index is 140. The van der Waals surface area contributed by atoms with Crippen LogP contribution in [0.4, 0.5) is 0 Å². The number of rotatable bonds is 4. The van der Waals surface area contributed by atoms with Crippen molar-refractivity contribution in [3.05, 3.63) is 12.2 Å². The minimum absolute atomic E-state index is 0.352. The summed E-state index contributed by atoms with van der Waals surface area (Å²) in [5, 5.41) is 8.64. The van der Waals surface area contributed by atoms with Gasteiger partial charge in [-0.05, 0) is 37.5 Å². The molecule has 1 N–H and O–H groups in total. The Labute approximate surface area is 75.5 Å². The molecule has 0 aromatic heterocycles. The summed E-state index contributed by atoms with van der Waals surface area (Å²) in [6.45, 7) is 2.69. The monoisotopic (exact) mass is 168 g/mol. The summed E-state index contributed by atoms with van der Waals surface area (Å²) < 4.78 is 0. The van der Waals surface area contributed by atoms with Crippen LogP contribution in [-0.2, 0) is 0 Å². The number of allylic oxidation sites excluding steroid dienone is 2. The van der Waals surface area contributed by atoms with Crippen LogP contribution in [0.3, 0.4) is 0 Å². The largest absolute Gasteiger partial charge is 0.396 e. The second-order valence-corrected chi connectivity index (χ2v) is 3.87. The maximum atomic E-state index is 8.64. The zero-order valence-corrected chi connectivity index (χ0v) is 8.00. The van der Waals surface area contributed by atoms with Gasteiger partial charge in [0.2, 0.25) is 0 Å². The third kappa shape index (κ3) is 2.98. The molecule has 0 radical (unpaired) electrons. The molecular formula is C11H20O. The van der Waals surface area contributed by atoms with Crippen molar-refractivity contribution < 1.29 is 5.11 Å². The average molecular weight is 168 g/mol. The van der Waals surface area contributed by atoms with Crippen molar-refractivity contribution in [2.45, 2.75) is 39.0 Å². The molecule has 0 amide bonds. The number of hydrogen-bond acceptors (Lipinski definition) is 1. The highest BCUT2D eigenvalue weighted by Crippen LogP contribution is 2.27. The van der Waals surface area contributed by atoms with Crippen LogP contribution in [0.15, 0.2) is 12.2 Å². The fourth-order valence-electron chi connectivity index (χ4n) is 1.91. The molecule has 0 saturated heterocycles. The number of aliphatic hydroxyl groups excluding tert-OH is 1. The Kier molecular flexibility index (Phi) is 4.37. The second kappa shape index (κ2) is 5.36. The van der Waals surface area contributed by atoms with Gasteiger partial charge in [-0.1, -0.05) is 25.5 Å². The van der Waals surface area contributed by atoms with Gasteiger partial charge >= 0.3 is 0 Å². The first-order valence-electron chi connectivity index (χ1n) is 5.12. The van der Waals surface area contributed by atoms with Crippen LogP contribution in [0.5, 0.6) is 0 Å². The SMILES string of the molecule is CC1CCC=CC1CCCCO. The molecule has 1 aliphatic carbocycles. The molecule has 1 heteroatoms. The van der Waals surface area contributed by atoms with Crippen LogP contribution in [0.25, 0.3) is 0 Å². The summed E-state index contributed by atoms with van der Waals surface area (Å²) in [6, 6.07) is 0. The quantitative estimate of drug-likeness (QED) is 0.505. The smallest absolute Gasteiger partial charge is 0.0431 e. The lowest BCUT2D eigenvalue weighted by atomic mass is 9.82. The molecule has 70 valence electrons. The minimum Gasteiger partial charge on any atom is -0.396 e. The highest BCUT2D eigenvalue weighted by atomic mass is 16.2. The van der Waals surface area contributed by atoms with Gasteiger partial charge in [-0.15, -0.1) is 0 Å². The van der Waals surface area contributed by atoms with Gasteiger partial charge in [-0.2, -0.15) is 0 Å². The molecule has 0 aliphatic heterocycles. The van der Waals surface area contributed by atoms with Gasteiger partial charge in [0.05, 0.1) is 0 Å². The summed E-state index contributed by atoms with van der Waals surface area (Å²) >= 11 is 0. The van der Waals surface area contributed by atoms with Crippen molar-refractivity contribution in [1.82, 2.24) is 0 Å². The molecule has 1 nitrogen and oxygen atoms in total. The van der Waals surface area contributed by atoms with E-state index in [9.17, 15) is 0 Å². The maximum absolute atomic E-state index is 8.64. The minimum atomic E-state index is 0.352. The Morgan fingerprint density at radius 2 is 2.25 bits per heavy atom. The molecule has 1 rings (SSSR count). The van der Waals surface area contributed by atoms with Crippen molar-refractivity contribution in [2.75, 3.05) is 6.61 Å². The molecule has 0 aromatic carbocycles. The molecule has 0 fully saturated rings. The van der Waals surface area contributed by atoms with Crippen LogP contribution in [0, 0.1) is 11.8 Å². The maximum Gasteiger partial charge on any atom is 0.0431 e. The van der Waals surface area contributed by atoms with E-state index in [0.717, 1.165) is 18.3 Å². The topological polar surface area (TPSA) is 20.2 Å². The molecule has 0 heterocycles. The predicted octanol–water partition coefficient (Wildman–Crippen LogP) is 2.75. The van der Waals surface area contributed by atoms with Gasteiger partial charge in [0, 0.05) is 6.61 Å². The van der Waals surface area contributed by atoms with Crippen LogP contribution in [0.1, 0.15) is 39.0 Å². The van der Waals surface area contributed by atoms with Gasteiger partial charge in [0.15, 0.2) is 0 Å². The van der Waals surface area contributed by atoms with E-state index in [4.69, 9.17) is 5.11 Å². The van der Waals surface area contributed by atoms with Crippen molar-refractivity contribution in [3.8, 4) is 0 Å².